The summed E-state index contributed by atoms with van der Waals surface area (Å²) < 4.78 is 66.7. The number of alkyl halides is 3. The third-order valence-corrected chi connectivity index (χ3v) is 5.16. The zero-order valence-electron chi connectivity index (χ0n) is 14.8. The van der Waals surface area contributed by atoms with E-state index >= 15 is 0 Å². The molecule has 0 aliphatic carbocycles. The zero-order valence-corrected chi connectivity index (χ0v) is 16.5. The number of rotatable bonds is 6. The Hall–Kier alpha value is -2.94. The lowest BCUT2D eigenvalue weighted by atomic mass is 10.4. The topological polar surface area (TPSA) is 121 Å². The summed E-state index contributed by atoms with van der Waals surface area (Å²) in [5.74, 6) is -0.889. The highest BCUT2D eigenvalue weighted by atomic mass is 32.2. The summed E-state index contributed by atoms with van der Waals surface area (Å²) in [4.78, 5) is 16.5. The van der Waals surface area contributed by atoms with Crippen molar-refractivity contribution in [1.29, 1.82) is 0 Å². The number of methoxy groups -OCH3 is 1. The van der Waals surface area contributed by atoms with Gasteiger partial charge in [0.1, 0.15) is 22.9 Å². The number of carbonyl (C=O) groups excluding carboxylic acids is 1. The molecule has 0 atom stereocenters. The van der Waals surface area contributed by atoms with Crippen LogP contribution in [0.5, 0.6) is 5.88 Å². The number of hydrogen-bond donors (Lipinski definition) is 1. The largest absolute Gasteiger partial charge is 0.478 e. The van der Waals surface area contributed by atoms with Crippen LogP contribution in [0.25, 0.3) is 10.6 Å². The van der Waals surface area contributed by atoms with Crippen LogP contribution in [-0.2, 0) is 16.6 Å². The molecule has 0 saturated carbocycles. The van der Waals surface area contributed by atoms with E-state index in [0.29, 0.717) is 15.3 Å². The minimum absolute atomic E-state index is 0.0252. The first-order chi connectivity index (χ1) is 13.5. The smallest absolute Gasteiger partial charge is 0.408 e. The van der Waals surface area contributed by atoms with Gasteiger partial charge in [0.15, 0.2) is 0 Å². The Morgan fingerprint density at radius 2 is 2.07 bits per heavy atom. The highest BCUT2D eigenvalue weighted by Gasteiger charge is 2.29. The van der Waals surface area contributed by atoms with Crippen LogP contribution in [0.4, 0.5) is 18.9 Å². The molecule has 0 saturated heterocycles. The molecule has 3 aromatic rings. The number of hydrogen-bond acceptors (Lipinski definition) is 8. The summed E-state index contributed by atoms with van der Waals surface area (Å²) >= 11 is 1.07. The Labute approximate surface area is 166 Å². The lowest BCUT2D eigenvalue weighted by molar-refractivity contribution is -0.142. The lowest BCUT2D eigenvalue weighted by Gasteiger charge is -2.04. The summed E-state index contributed by atoms with van der Waals surface area (Å²) in [7, 11) is -2.35. The second kappa shape index (κ2) is 7.47. The van der Waals surface area contributed by atoms with Crippen molar-refractivity contribution < 1.29 is 31.1 Å². The highest BCUT2D eigenvalue weighted by Crippen LogP contribution is 2.27. The molecule has 0 radical (unpaired) electrons. The molecule has 3 heterocycles. The first-order valence-electron chi connectivity index (χ1n) is 7.67. The maximum absolute atomic E-state index is 12.5. The van der Waals surface area contributed by atoms with Gasteiger partial charge in [-0.3, -0.25) is 9.48 Å². The van der Waals surface area contributed by atoms with Crippen LogP contribution in [0.15, 0.2) is 24.0 Å². The fourth-order valence-corrected chi connectivity index (χ4v) is 3.50. The number of nitrogens with one attached hydrogen (secondary N) is 1. The van der Waals surface area contributed by atoms with Crippen molar-refractivity contribution in [3.63, 3.8) is 0 Å². The van der Waals surface area contributed by atoms with Gasteiger partial charge in [0, 0.05) is 10.9 Å². The molecule has 0 aromatic carbocycles. The van der Waals surface area contributed by atoms with Gasteiger partial charge in [0.25, 0.3) is 21.8 Å². The first-order valence-corrected chi connectivity index (χ1v) is 10.4. The summed E-state index contributed by atoms with van der Waals surface area (Å²) in [6.07, 6.45) is 0.0227. The van der Waals surface area contributed by atoms with Crippen molar-refractivity contribution in [2.45, 2.75) is 12.7 Å². The number of thiazole rings is 1. The Morgan fingerprint density at radius 3 is 2.66 bits per heavy atom. The maximum atomic E-state index is 12.5. The molecule has 0 aliphatic heterocycles. The molecule has 1 amide bonds. The van der Waals surface area contributed by atoms with Gasteiger partial charge < -0.3 is 10.1 Å². The van der Waals surface area contributed by atoms with E-state index in [-0.39, 0.29) is 17.3 Å². The normalized spacial score (nSPS) is 12.2. The van der Waals surface area contributed by atoms with Gasteiger partial charge in [-0.2, -0.15) is 22.4 Å². The maximum Gasteiger partial charge on any atom is 0.408 e. The fourth-order valence-electron chi connectivity index (χ4n) is 2.20. The molecule has 0 fully saturated rings. The molecule has 0 aliphatic rings. The average Bonchev–Trinajstić information content (AvgIpc) is 3.31. The van der Waals surface area contributed by atoms with Gasteiger partial charge in [-0.15, -0.1) is 16.4 Å². The minimum Gasteiger partial charge on any atom is -0.478 e. The number of anilines is 1. The SMILES string of the molecule is COc1nn(CC(F)(F)F)cc1NC(=O)c1csc(-c2cnn(S(C)(=O)=O)c2)n1. The van der Waals surface area contributed by atoms with E-state index < -0.39 is 28.7 Å². The van der Waals surface area contributed by atoms with Crippen LogP contribution >= 0.6 is 11.3 Å². The summed E-state index contributed by atoms with van der Waals surface area (Å²) in [6, 6.07) is 0. The second-order valence-corrected chi connectivity index (χ2v) is 8.42. The van der Waals surface area contributed by atoms with Gasteiger partial charge in [0.05, 0.1) is 32.0 Å². The van der Waals surface area contributed by atoms with Gasteiger partial charge in [-0.25, -0.2) is 13.4 Å². The molecule has 1 N–H and O–H groups in total. The van der Waals surface area contributed by atoms with E-state index in [1.54, 1.807) is 0 Å². The number of nitrogens with zero attached hydrogens (tertiary/aromatic N) is 5. The lowest BCUT2D eigenvalue weighted by Crippen LogP contribution is -2.18. The summed E-state index contributed by atoms with van der Waals surface area (Å²) in [5, 5.41) is 11.5. The molecule has 3 rings (SSSR count). The van der Waals surface area contributed by atoms with Crippen molar-refractivity contribution in [1.82, 2.24) is 24.0 Å². The fraction of sp³-hybridized carbons (Fsp3) is 0.286. The van der Waals surface area contributed by atoms with Gasteiger partial charge in [-0.05, 0) is 0 Å². The van der Waals surface area contributed by atoms with E-state index in [1.165, 1.54) is 24.9 Å². The van der Waals surface area contributed by atoms with Crippen LogP contribution in [-0.4, -0.2) is 57.8 Å². The number of ether oxygens (including phenoxy) is 1. The predicted octanol–water partition coefficient (Wildman–Crippen LogP) is 1.83. The molecule has 29 heavy (non-hydrogen) atoms. The summed E-state index contributed by atoms with van der Waals surface area (Å²) in [5.41, 5.74) is 0.305. The van der Waals surface area contributed by atoms with Crippen LogP contribution in [0, 0.1) is 0 Å². The molecular weight excluding hydrogens is 437 g/mol. The number of amides is 1. The van der Waals surface area contributed by atoms with Crippen LogP contribution in [0.2, 0.25) is 0 Å². The average molecular weight is 450 g/mol. The van der Waals surface area contributed by atoms with Crippen LogP contribution in [0.3, 0.4) is 0 Å². The van der Waals surface area contributed by atoms with Crippen LogP contribution < -0.4 is 10.1 Å². The molecular formula is C14H13F3N6O4S2. The number of aromatic nitrogens is 5. The van der Waals surface area contributed by atoms with Crippen molar-refractivity contribution >= 4 is 33.0 Å². The first kappa shape index (κ1) is 20.8. The molecule has 3 aromatic heterocycles. The monoisotopic (exact) mass is 450 g/mol. The second-order valence-electron chi connectivity index (χ2n) is 5.72. The summed E-state index contributed by atoms with van der Waals surface area (Å²) in [6.45, 7) is -1.34. The molecule has 0 spiro atoms. The van der Waals surface area contributed by atoms with E-state index in [0.717, 1.165) is 27.9 Å². The number of carbonyl (C=O) groups is 1. The van der Waals surface area contributed by atoms with Crippen molar-refractivity contribution in [3.05, 3.63) is 29.7 Å². The van der Waals surface area contributed by atoms with E-state index in [4.69, 9.17) is 4.74 Å². The quantitative estimate of drug-likeness (QED) is 0.608. The third kappa shape index (κ3) is 4.92. The van der Waals surface area contributed by atoms with Gasteiger partial charge >= 0.3 is 6.18 Å². The van der Waals surface area contributed by atoms with Crippen molar-refractivity contribution in [2.75, 3.05) is 18.7 Å². The predicted molar refractivity (Wildman–Crippen MR) is 96.4 cm³/mol. The van der Waals surface area contributed by atoms with E-state index in [1.807, 2.05) is 0 Å². The Kier molecular flexibility index (Phi) is 5.36. The van der Waals surface area contributed by atoms with Gasteiger partial charge in [0.2, 0.25) is 0 Å². The minimum atomic E-state index is -4.49. The molecule has 10 nitrogen and oxygen atoms in total. The third-order valence-electron chi connectivity index (χ3n) is 3.39. The highest BCUT2D eigenvalue weighted by molar-refractivity contribution is 7.89. The van der Waals surface area contributed by atoms with Crippen molar-refractivity contribution in [2.24, 2.45) is 0 Å². The standard InChI is InChI=1S/C14H13F3N6O4S2/c1-27-12-9(5-22(21-12)7-14(15,16)17)19-11(24)10-6-28-13(20-10)8-3-18-23(4-8)29(2,25)26/h3-6H,7H2,1-2H3,(H,19,24). The molecule has 0 unspecified atom stereocenters. The zero-order chi connectivity index (χ0) is 21.4. The Bertz CT molecular complexity index is 1150. The van der Waals surface area contributed by atoms with E-state index in [9.17, 15) is 26.4 Å². The van der Waals surface area contributed by atoms with Crippen molar-refractivity contribution in [3.8, 4) is 16.5 Å². The Balaban J connectivity index is 1.78. The molecule has 15 heteroatoms. The number of halogens is 3. The molecule has 0 bridgehead atoms. The van der Waals surface area contributed by atoms with Crippen LogP contribution in [0.1, 0.15) is 10.5 Å². The molecule has 156 valence electrons. The Morgan fingerprint density at radius 1 is 1.34 bits per heavy atom. The van der Waals surface area contributed by atoms with E-state index in [2.05, 4.69) is 20.5 Å². The van der Waals surface area contributed by atoms with Gasteiger partial charge in [-0.1, -0.05) is 0 Å².